The van der Waals surface area contributed by atoms with Gasteiger partial charge in [-0.25, -0.2) is 8.42 Å². The minimum absolute atomic E-state index is 0.120. The van der Waals surface area contributed by atoms with Crippen LogP contribution in [0.4, 0.5) is 5.69 Å². The van der Waals surface area contributed by atoms with Crippen molar-refractivity contribution < 1.29 is 22.7 Å². The lowest BCUT2D eigenvalue weighted by molar-refractivity contribution is -0.116. The SMILES string of the molecule is COc1ccccc1Oc1ccc(S(=O)(=O)N2CCCCC2)cc1NC(=O)CCc1cnn(C)c1. The average Bonchev–Trinajstić information content (AvgIpc) is 3.29. The molecule has 1 aromatic heterocycles. The summed E-state index contributed by atoms with van der Waals surface area (Å²) in [7, 11) is -0.326. The van der Waals surface area contributed by atoms with Gasteiger partial charge >= 0.3 is 0 Å². The molecule has 0 unspecified atom stereocenters. The number of anilines is 1. The summed E-state index contributed by atoms with van der Waals surface area (Å²) in [4.78, 5) is 12.9. The largest absolute Gasteiger partial charge is 0.493 e. The van der Waals surface area contributed by atoms with Gasteiger partial charge in [-0.3, -0.25) is 9.48 Å². The maximum atomic E-state index is 13.3. The van der Waals surface area contributed by atoms with E-state index in [0.29, 0.717) is 36.8 Å². The van der Waals surface area contributed by atoms with E-state index in [1.807, 2.05) is 19.3 Å². The first-order chi connectivity index (χ1) is 16.9. The second-order valence-electron chi connectivity index (χ2n) is 8.45. The molecule has 3 aromatic rings. The molecular weight excluding hydrogens is 468 g/mol. The van der Waals surface area contributed by atoms with E-state index >= 15 is 0 Å². The Kier molecular flexibility index (Phi) is 7.72. The van der Waals surface area contributed by atoms with Crippen LogP contribution in [-0.4, -0.2) is 48.6 Å². The topological polar surface area (TPSA) is 103 Å². The summed E-state index contributed by atoms with van der Waals surface area (Å²) in [6.07, 6.45) is 7.00. The number of methoxy groups -OCH3 is 1. The van der Waals surface area contributed by atoms with Crippen molar-refractivity contribution in [3.8, 4) is 17.2 Å². The molecule has 1 aliphatic rings. The second kappa shape index (κ2) is 10.9. The van der Waals surface area contributed by atoms with Crippen LogP contribution in [0.25, 0.3) is 0 Å². The summed E-state index contributed by atoms with van der Waals surface area (Å²) in [5.41, 5.74) is 1.22. The smallest absolute Gasteiger partial charge is 0.243 e. The van der Waals surface area contributed by atoms with E-state index in [9.17, 15) is 13.2 Å². The van der Waals surface area contributed by atoms with E-state index in [2.05, 4.69) is 10.4 Å². The number of ether oxygens (including phenoxy) is 2. The van der Waals surface area contributed by atoms with Crippen molar-refractivity contribution in [1.82, 2.24) is 14.1 Å². The van der Waals surface area contributed by atoms with Crippen LogP contribution in [0.2, 0.25) is 0 Å². The first-order valence-corrected chi connectivity index (χ1v) is 13.0. The predicted octanol–water partition coefficient (Wildman–Crippen LogP) is 3.97. The number of aromatic nitrogens is 2. The Bertz CT molecular complexity index is 1280. The normalized spacial score (nSPS) is 14.5. The van der Waals surface area contributed by atoms with Gasteiger partial charge in [-0.15, -0.1) is 0 Å². The highest BCUT2D eigenvalue weighted by atomic mass is 32.2. The second-order valence-corrected chi connectivity index (χ2v) is 10.4. The molecule has 1 aliphatic heterocycles. The van der Waals surface area contributed by atoms with Gasteiger partial charge in [0.1, 0.15) is 0 Å². The molecule has 9 nitrogen and oxygen atoms in total. The quantitative estimate of drug-likeness (QED) is 0.479. The number of benzene rings is 2. The van der Waals surface area contributed by atoms with Crippen molar-refractivity contribution in [2.75, 3.05) is 25.5 Å². The fraction of sp³-hybridized carbons (Fsp3) is 0.360. The van der Waals surface area contributed by atoms with Crippen molar-refractivity contribution in [3.63, 3.8) is 0 Å². The van der Waals surface area contributed by atoms with E-state index in [1.165, 1.54) is 23.5 Å². The van der Waals surface area contributed by atoms with Crippen molar-refractivity contribution >= 4 is 21.6 Å². The van der Waals surface area contributed by atoms with E-state index < -0.39 is 10.0 Å². The number of nitrogens with zero attached hydrogens (tertiary/aromatic N) is 3. The highest BCUT2D eigenvalue weighted by molar-refractivity contribution is 7.89. The Morgan fingerprint density at radius 2 is 1.80 bits per heavy atom. The summed E-state index contributed by atoms with van der Waals surface area (Å²) in [5.74, 6) is 1.03. The molecule has 4 rings (SSSR count). The van der Waals surface area contributed by atoms with Crippen molar-refractivity contribution in [3.05, 3.63) is 60.4 Å². The summed E-state index contributed by atoms with van der Waals surface area (Å²) in [5, 5.41) is 6.97. The van der Waals surface area contributed by atoms with E-state index in [4.69, 9.17) is 9.47 Å². The Labute approximate surface area is 205 Å². The summed E-state index contributed by atoms with van der Waals surface area (Å²) in [6.45, 7) is 0.989. The van der Waals surface area contributed by atoms with Crippen LogP contribution in [0.3, 0.4) is 0 Å². The van der Waals surface area contributed by atoms with Gasteiger partial charge in [0.25, 0.3) is 0 Å². The first kappa shape index (κ1) is 24.7. The molecule has 0 bridgehead atoms. The van der Waals surface area contributed by atoms with Gasteiger partial charge in [-0.1, -0.05) is 18.6 Å². The third-order valence-electron chi connectivity index (χ3n) is 5.87. The maximum Gasteiger partial charge on any atom is 0.243 e. The molecule has 0 spiro atoms. The maximum absolute atomic E-state index is 13.3. The molecule has 2 heterocycles. The number of rotatable bonds is 9. The minimum Gasteiger partial charge on any atom is -0.493 e. The van der Waals surface area contributed by atoms with Gasteiger partial charge < -0.3 is 14.8 Å². The number of para-hydroxylation sites is 2. The number of hydrogen-bond acceptors (Lipinski definition) is 6. The first-order valence-electron chi connectivity index (χ1n) is 11.6. The zero-order valence-corrected chi connectivity index (χ0v) is 20.8. The number of carbonyl (C=O) groups is 1. The third kappa shape index (κ3) is 6.01. The molecule has 10 heteroatoms. The molecule has 2 aromatic carbocycles. The van der Waals surface area contributed by atoms with Gasteiger partial charge in [-0.05, 0) is 55.2 Å². The van der Waals surface area contributed by atoms with Crippen LogP contribution in [0.1, 0.15) is 31.2 Å². The predicted molar refractivity (Wildman–Crippen MR) is 132 cm³/mol. The van der Waals surface area contributed by atoms with E-state index in [0.717, 1.165) is 24.8 Å². The van der Waals surface area contributed by atoms with Gasteiger partial charge in [0.15, 0.2) is 17.2 Å². The molecule has 186 valence electrons. The fourth-order valence-electron chi connectivity index (χ4n) is 4.00. The monoisotopic (exact) mass is 498 g/mol. The number of piperidine rings is 1. The standard InChI is InChI=1S/C25H30N4O5S/c1-28-18-19(17-26-28)10-13-25(30)27-21-16-20(35(31,32)29-14-6-3-7-15-29)11-12-22(21)34-24-9-5-4-8-23(24)33-2/h4-5,8-9,11-12,16-18H,3,6-7,10,13-15H2,1-2H3,(H,27,30). The lowest BCUT2D eigenvalue weighted by Crippen LogP contribution is -2.35. The molecule has 35 heavy (non-hydrogen) atoms. The number of nitrogens with one attached hydrogen (secondary N) is 1. The fourth-order valence-corrected chi connectivity index (χ4v) is 5.55. The Morgan fingerprint density at radius 1 is 1.06 bits per heavy atom. The zero-order chi connectivity index (χ0) is 24.8. The Morgan fingerprint density at radius 3 is 2.49 bits per heavy atom. The molecule has 1 fully saturated rings. The van der Waals surface area contributed by atoms with Gasteiger partial charge in [0.2, 0.25) is 15.9 Å². The molecule has 0 saturated carbocycles. The molecule has 0 atom stereocenters. The van der Waals surface area contributed by atoms with Crippen LogP contribution in [-0.2, 0) is 28.3 Å². The molecule has 0 aliphatic carbocycles. The highest BCUT2D eigenvalue weighted by Crippen LogP contribution is 2.37. The van der Waals surface area contributed by atoms with Crippen molar-refractivity contribution in [2.45, 2.75) is 37.0 Å². The number of aryl methyl sites for hydroxylation is 2. The van der Waals surface area contributed by atoms with Crippen molar-refractivity contribution in [2.24, 2.45) is 7.05 Å². The van der Waals surface area contributed by atoms with E-state index in [1.54, 1.807) is 35.1 Å². The molecule has 1 amide bonds. The number of amides is 1. The number of carbonyl (C=O) groups excluding carboxylic acids is 1. The van der Waals surface area contributed by atoms with Crippen LogP contribution in [0.15, 0.2) is 59.8 Å². The minimum atomic E-state index is -3.68. The molecule has 1 saturated heterocycles. The Hall–Kier alpha value is -3.37. The average molecular weight is 499 g/mol. The van der Waals surface area contributed by atoms with E-state index in [-0.39, 0.29) is 22.9 Å². The van der Waals surface area contributed by atoms with Crippen LogP contribution < -0.4 is 14.8 Å². The molecular formula is C25H30N4O5S. The number of sulfonamides is 1. The molecule has 1 N–H and O–H groups in total. The molecule has 0 radical (unpaired) electrons. The van der Waals surface area contributed by atoms with Crippen molar-refractivity contribution in [1.29, 1.82) is 0 Å². The van der Waals surface area contributed by atoms with Gasteiger partial charge in [-0.2, -0.15) is 9.40 Å². The summed E-state index contributed by atoms with van der Waals surface area (Å²) < 4.78 is 41.1. The Balaban J connectivity index is 1.61. The number of hydrogen-bond donors (Lipinski definition) is 1. The lowest BCUT2D eigenvalue weighted by atomic mass is 10.2. The summed E-state index contributed by atoms with van der Waals surface area (Å²) >= 11 is 0. The third-order valence-corrected chi connectivity index (χ3v) is 7.76. The van der Waals surface area contributed by atoms with Crippen LogP contribution in [0.5, 0.6) is 17.2 Å². The van der Waals surface area contributed by atoms with Crippen LogP contribution >= 0.6 is 0 Å². The summed E-state index contributed by atoms with van der Waals surface area (Å²) in [6, 6.07) is 11.7. The van der Waals surface area contributed by atoms with Gasteiger partial charge in [0, 0.05) is 32.8 Å². The lowest BCUT2D eigenvalue weighted by Gasteiger charge is -2.26. The highest BCUT2D eigenvalue weighted by Gasteiger charge is 2.27. The van der Waals surface area contributed by atoms with Crippen LogP contribution in [0, 0.1) is 0 Å². The van der Waals surface area contributed by atoms with Gasteiger partial charge in [0.05, 0.1) is 23.9 Å². The zero-order valence-electron chi connectivity index (χ0n) is 19.9.